The number of hydrogen-bond donors (Lipinski definition) is 0. The second-order valence-corrected chi connectivity index (χ2v) is 7.25. The van der Waals surface area contributed by atoms with Crippen molar-refractivity contribution in [1.29, 1.82) is 0 Å². The van der Waals surface area contributed by atoms with Crippen LogP contribution in [0.15, 0.2) is 12.4 Å². The van der Waals surface area contributed by atoms with E-state index in [1.54, 1.807) is 0 Å². The Kier molecular flexibility index (Phi) is 3.62. The maximum absolute atomic E-state index is 12.9. The van der Waals surface area contributed by atoms with Crippen LogP contribution in [0.5, 0.6) is 0 Å². The molecule has 3 fully saturated rings. The molecule has 6 heteroatoms. The van der Waals surface area contributed by atoms with Crippen molar-refractivity contribution in [2.24, 2.45) is 5.92 Å². The molecule has 1 saturated carbocycles. The molecule has 2 amide bonds. The lowest BCUT2D eigenvalue weighted by molar-refractivity contribution is -0.136. The van der Waals surface area contributed by atoms with Crippen molar-refractivity contribution < 1.29 is 9.59 Å². The van der Waals surface area contributed by atoms with Crippen LogP contribution in [0.3, 0.4) is 0 Å². The van der Waals surface area contributed by atoms with E-state index in [2.05, 4.69) is 5.10 Å². The van der Waals surface area contributed by atoms with Gasteiger partial charge in [0.2, 0.25) is 11.8 Å². The van der Waals surface area contributed by atoms with Gasteiger partial charge in [-0.25, -0.2) is 0 Å². The number of hydrogen-bond acceptors (Lipinski definition) is 3. The summed E-state index contributed by atoms with van der Waals surface area (Å²) in [4.78, 5) is 28.9. The molecule has 2 atom stereocenters. The van der Waals surface area contributed by atoms with Gasteiger partial charge in [-0.1, -0.05) is 0 Å². The zero-order chi connectivity index (χ0) is 16.0. The van der Waals surface area contributed by atoms with E-state index >= 15 is 0 Å². The van der Waals surface area contributed by atoms with Crippen LogP contribution in [0, 0.1) is 12.8 Å². The van der Waals surface area contributed by atoms with Gasteiger partial charge in [0.15, 0.2) is 0 Å². The molecule has 2 unspecified atom stereocenters. The zero-order valence-electron chi connectivity index (χ0n) is 13.6. The molecule has 6 nitrogen and oxygen atoms in total. The van der Waals surface area contributed by atoms with Crippen molar-refractivity contribution in [2.75, 3.05) is 13.1 Å². The molecule has 124 valence electrons. The SMILES string of the molecule is Cc1cnn(CC2CCCN2C(=O)C2CC(=O)N(C3CC3)C2)c1. The standard InChI is InChI=1S/C17H24N4O2/c1-12-8-18-19(9-12)11-15-3-2-6-20(15)17(23)13-7-16(22)21(10-13)14-4-5-14/h8-9,13-15H,2-7,10-11H2,1H3. The van der Waals surface area contributed by atoms with Crippen LogP contribution in [0.25, 0.3) is 0 Å². The Morgan fingerprint density at radius 1 is 1.35 bits per heavy atom. The Bertz CT molecular complexity index is 622. The Labute approximate surface area is 136 Å². The van der Waals surface area contributed by atoms with Crippen molar-refractivity contribution in [3.8, 4) is 0 Å². The van der Waals surface area contributed by atoms with E-state index in [9.17, 15) is 9.59 Å². The fourth-order valence-electron chi connectivity index (χ4n) is 3.97. The summed E-state index contributed by atoms with van der Waals surface area (Å²) in [6.07, 6.45) is 8.56. The fraction of sp³-hybridized carbons (Fsp3) is 0.706. The lowest BCUT2D eigenvalue weighted by atomic mass is 10.1. The molecule has 0 aromatic carbocycles. The van der Waals surface area contributed by atoms with Crippen LogP contribution in [0.4, 0.5) is 0 Å². The second kappa shape index (κ2) is 5.65. The summed E-state index contributed by atoms with van der Waals surface area (Å²) in [5, 5.41) is 4.34. The van der Waals surface area contributed by atoms with E-state index in [1.807, 2.05) is 33.8 Å². The molecular formula is C17H24N4O2. The molecule has 1 aromatic rings. The molecule has 0 spiro atoms. The Morgan fingerprint density at radius 3 is 2.87 bits per heavy atom. The number of carbonyl (C=O) groups excluding carboxylic acids is 2. The number of aromatic nitrogens is 2. The molecule has 3 heterocycles. The highest BCUT2D eigenvalue weighted by atomic mass is 16.2. The molecule has 23 heavy (non-hydrogen) atoms. The zero-order valence-corrected chi connectivity index (χ0v) is 13.6. The molecule has 1 aromatic heterocycles. The van der Waals surface area contributed by atoms with E-state index in [0.29, 0.717) is 19.0 Å². The number of aryl methyl sites for hydroxylation is 1. The van der Waals surface area contributed by atoms with Crippen LogP contribution in [-0.4, -0.2) is 56.6 Å². The monoisotopic (exact) mass is 316 g/mol. The van der Waals surface area contributed by atoms with Gasteiger partial charge in [-0.3, -0.25) is 14.3 Å². The van der Waals surface area contributed by atoms with Gasteiger partial charge in [0.1, 0.15) is 0 Å². The first kappa shape index (κ1) is 14.7. The van der Waals surface area contributed by atoms with Crippen molar-refractivity contribution in [1.82, 2.24) is 19.6 Å². The average Bonchev–Trinajstić information content (AvgIpc) is 2.92. The lowest BCUT2D eigenvalue weighted by Crippen LogP contribution is -2.42. The van der Waals surface area contributed by atoms with E-state index in [0.717, 1.165) is 44.3 Å². The van der Waals surface area contributed by atoms with Gasteiger partial charge in [0, 0.05) is 31.7 Å². The second-order valence-electron chi connectivity index (χ2n) is 7.25. The predicted octanol–water partition coefficient (Wildman–Crippen LogP) is 1.19. The summed E-state index contributed by atoms with van der Waals surface area (Å²) in [6.45, 7) is 4.23. The maximum atomic E-state index is 12.9. The van der Waals surface area contributed by atoms with Gasteiger partial charge in [0.05, 0.1) is 24.7 Å². The van der Waals surface area contributed by atoms with Gasteiger partial charge in [0.25, 0.3) is 0 Å². The molecule has 3 aliphatic rings. The summed E-state index contributed by atoms with van der Waals surface area (Å²) in [5.41, 5.74) is 1.14. The van der Waals surface area contributed by atoms with Gasteiger partial charge >= 0.3 is 0 Å². The molecule has 2 aliphatic heterocycles. The minimum absolute atomic E-state index is 0.136. The lowest BCUT2D eigenvalue weighted by Gasteiger charge is -2.27. The van der Waals surface area contributed by atoms with E-state index in [4.69, 9.17) is 0 Å². The Balaban J connectivity index is 1.41. The first-order valence-corrected chi connectivity index (χ1v) is 8.71. The molecule has 2 saturated heterocycles. The Hall–Kier alpha value is -1.85. The van der Waals surface area contributed by atoms with Crippen LogP contribution in [0.1, 0.15) is 37.7 Å². The van der Waals surface area contributed by atoms with Crippen LogP contribution < -0.4 is 0 Å². The topological polar surface area (TPSA) is 58.4 Å². The highest BCUT2D eigenvalue weighted by molar-refractivity contribution is 5.89. The van der Waals surface area contributed by atoms with Gasteiger partial charge in [-0.05, 0) is 38.2 Å². The minimum Gasteiger partial charge on any atom is -0.339 e. The average molecular weight is 316 g/mol. The molecule has 0 N–H and O–H groups in total. The van der Waals surface area contributed by atoms with Crippen molar-refractivity contribution in [2.45, 2.75) is 57.7 Å². The number of likely N-dealkylation sites (tertiary alicyclic amines) is 2. The summed E-state index contributed by atoms with van der Waals surface area (Å²) in [5.74, 6) is 0.209. The normalized spacial score (nSPS) is 28.0. The summed E-state index contributed by atoms with van der Waals surface area (Å²) >= 11 is 0. The quantitative estimate of drug-likeness (QED) is 0.838. The number of rotatable bonds is 4. The smallest absolute Gasteiger partial charge is 0.228 e. The van der Waals surface area contributed by atoms with Crippen LogP contribution >= 0.6 is 0 Å². The third kappa shape index (κ3) is 2.86. The molecular weight excluding hydrogens is 292 g/mol. The summed E-state index contributed by atoms with van der Waals surface area (Å²) in [6, 6.07) is 0.633. The molecule has 0 radical (unpaired) electrons. The summed E-state index contributed by atoms with van der Waals surface area (Å²) in [7, 11) is 0. The first-order valence-electron chi connectivity index (χ1n) is 8.71. The number of amides is 2. The van der Waals surface area contributed by atoms with Crippen LogP contribution in [-0.2, 0) is 16.1 Å². The number of carbonyl (C=O) groups is 2. The van der Waals surface area contributed by atoms with Crippen molar-refractivity contribution in [3.05, 3.63) is 18.0 Å². The molecule has 1 aliphatic carbocycles. The van der Waals surface area contributed by atoms with E-state index < -0.39 is 0 Å². The highest BCUT2D eigenvalue weighted by Gasteiger charge is 2.44. The van der Waals surface area contributed by atoms with Crippen molar-refractivity contribution >= 4 is 11.8 Å². The Morgan fingerprint density at radius 2 is 2.17 bits per heavy atom. The third-order valence-corrected chi connectivity index (χ3v) is 5.32. The van der Waals surface area contributed by atoms with Crippen molar-refractivity contribution in [3.63, 3.8) is 0 Å². The van der Waals surface area contributed by atoms with Crippen LogP contribution in [0.2, 0.25) is 0 Å². The predicted molar refractivity (Wildman–Crippen MR) is 84.5 cm³/mol. The molecule has 4 rings (SSSR count). The molecule has 0 bridgehead atoms. The van der Waals surface area contributed by atoms with Gasteiger partial charge < -0.3 is 9.80 Å². The highest BCUT2D eigenvalue weighted by Crippen LogP contribution is 2.34. The van der Waals surface area contributed by atoms with E-state index in [-0.39, 0.29) is 23.8 Å². The van der Waals surface area contributed by atoms with Gasteiger partial charge in [-0.2, -0.15) is 5.10 Å². The fourth-order valence-corrected chi connectivity index (χ4v) is 3.97. The van der Waals surface area contributed by atoms with Gasteiger partial charge in [-0.15, -0.1) is 0 Å². The third-order valence-electron chi connectivity index (χ3n) is 5.32. The minimum atomic E-state index is -0.136. The number of nitrogens with zero attached hydrogens (tertiary/aromatic N) is 4. The largest absolute Gasteiger partial charge is 0.339 e. The summed E-state index contributed by atoms with van der Waals surface area (Å²) < 4.78 is 1.93. The first-order chi connectivity index (χ1) is 11.1. The van der Waals surface area contributed by atoms with E-state index in [1.165, 1.54) is 0 Å². The maximum Gasteiger partial charge on any atom is 0.228 e.